The van der Waals surface area contributed by atoms with Gasteiger partial charge in [0.2, 0.25) is 5.91 Å². The maximum absolute atomic E-state index is 12.6. The number of thiazole rings is 1. The monoisotopic (exact) mass is 406 g/mol. The van der Waals surface area contributed by atoms with Crippen molar-refractivity contribution in [3.8, 4) is 11.3 Å². The van der Waals surface area contributed by atoms with Gasteiger partial charge in [0, 0.05) is 39.5 Å². The van der Waals surface area contributed by atoms with Crippen molar-refractivity contribution < 1.29 is 9.59 Å². The van der Waals surface area contributed by atoms with Gasteiger partial charge in [-0.3, -0.25) is 14.0 Å². The summed E-state index contributed by atoms with van der Waals surface area (Å²) in [5.41, 5.74) is 3.77. The molecule has 4 aromatic rings. The number of rotatable bonds is 3. The number of aromatic nitrogens is 2. The Hall–Kier alpha value is -3.10. The quantitative estimate of drug-likeness (QED) is 0.530. The fraction of sp³-hybridized carbons (Fsp3) is 0.0500. The summed E-state index contributed by atoms with van der Waals surface area (Å²) in [6.45, 7) is 0. The van der Waals surface area contributed by atoms with Crippen LogP contribution in [0.4, 0.5) is 11.4 Å². The molecule has 0 aliphatic carbocycles. The summed E-state index contributed by atoms with van der Waals surface area (Å²) >= 11 is 3.06. The zero-order chi connectivity index (χ0) is 19.1. The molecule has 28 heavy (non-hydrogen) atoms. The third kappa shape index (κ3) is 3.17. The lowest BCUT2D eigenvalue weighted by Gasteiger charge is -2.17. The lowest BCUT2D eigenvalue weighted by molar-refractivity contribution is -0.113. The van der Waals surface area contributed by atoms with Crippen molar-refractivity contribution in [1.82, 2.24) is 9.38 Å². The SMILES string of the molecule is O=C1CSc2ccc(C(=O)Nc3ccc(-c4cn5ccsc5n4)cc3)cc2N1. The van der Waals surface area contributed by atoms with Gasteiger partial charge in [-0.25, -0.2) is 4.98 Å². The topological polar surface area (TPSA) is 75.5 Å². The van der Waals surface area contributed by atoms with Crippen LogP contribution in [0, 0.1) is 0 Å². The predicted octanol–water partition coefficient (Wildman–Crippen LogP) is 4.36. The molecule has 0 fully saturated rings. The molecular formula is C20H14N4O2S2. The number of anilines is 2. The van der Waals surface area contributed by atoms with E-state index in [1.165, 1.54) is 11.8 Å². The summed E-state index contributed by atoms with van der Waals surface area (Å²) in [5.74, 6) is 0.132. The smallest absolute Gasteiger partial charge is 0.255 e. The molecule has 2 aromatic carbocycles. The number of hydrogen-bond acceptors (Lipinski definition) is 5. The molecule has 6 nitrogen and oxygen atoms in total. The Balaban J connectivity index is 1.33. The molecule has 1 aliphatic heterocycles. The van der Waals surface area contributed by atoms with Crippen LogP contribution in [0.25, 0.3) is 16.2 Å². The fourth-order valence-corrected chi connectivity index (χ4v) is 4.51. The fourth-order valence-electron chi connectivity index (χ4n) is 3.02. The van der Waals surface area contributed by atoms with Gasteiger partial charge in [-0.2, -0.15) is 0 Å². The molecule has 5 rings (SSSR count). The van der Waals surface area contributed by atoms with E-state index in [1.807, 2.05) is 52.5 Å². The molecule has 8 heteroatoms. The van der Waals surface area contributed by atoms with Gasteiger partial charge in [0.1, 0.15) is 0 Å². The molecule has 0 radical (unpaired) electrons. The number of nitrogens with zero attached hydrogens (tertiary/aromatic N) is 2. The summed E-state index contributed by atoms with van der Waals surface area (Å²) < 4.78 is 1.99. The van der Waals surface area contributed by atoms with Gasteiger partial charge in [-0.15, -0.1) is 23.1 Å². The third-order valence-corrected chi connectivity index (χ3v) is 6.25. The van der Waals surface area contributed by atoms with Crippen molar-refractivity contribution in [2.45, 2.75) is 4.90 Å². The average Bonchev–Trinajstić information content (AvgIpc) is 3.30. The van der Waals surface area contributed by atoms with E-state index in [0.29, 0.717) is 22.7 Å². The molecule has 0 saturated heterocycles. The van der Waals surface area contributed by atoms with E-state index < -0.39 is 0 Å². The van der Waals surface area contributed by atoms with Gasteiger partial charge < -0.3 is 10.6 Å². The molecule has 0 unspecified atom stereocenters. The van der Waals surface area contributed by atoms with Gasteiger partial charge in [-0.1, -0.05) is 12.1 Å². The van der Waals surface area contributed by atoms with Crippen LogP contribution >= 0.6 is 23.1 Å². The van der Waals surface area contributed by atoms with E-state index in [-0.39, 0.29) is 11.8 Å². The highest BCUT2D eigenvalue weighted by Gasteiger charge is 2.17. The van der Waals surface area contributed by atoms with Crippen LogP contribution in [0.15, 0.2) is 65.1 Å². The highest BCUT2D eigenvalue weighted by molar-refractivity contribution is 8.00. The minimum atomic E-state index is -0.220. The molecular weight excluding hydrogens is 392 g/mol. The van der Waals surface area contributed by atoms with Gasteiger partial charge >= 0.3 is 0 Å². The van der Waals surface area contributed by atoms with E-state index in [9.17, 15) is 9.59 Å². The summed E-state index contributed by atoms with van der Waals surface area (Å²) in [6.07, 6.45) is 3.96. The first kappa shape index (κ1) is 17.0. The van der Waals surface area contributed by atoms with Crippen LogP contribution < -0.4 is 10.6 Å². The Kier molecular flexibility index (Phi) is 4.14. The maximum Gasteiger partial charge on any atom is 0.255 e. The Labute approximate surface area is 168 Å². The second-order valence-electron chi connectivity index (χ2n) is 6.30. The zero-order valence-corrected chi connectivity index (χ0v) is 16.1. The molecule has 138 valence electrons. The number of nitrogens with one attached hydrogen (secondary N) is 2. The predicted molar refractivity (Wildman–Crippen MR) is 112 cm³/mol. The highest BCUT2D eigenvalue weighted by Crippen LogP contribution is 2.32. The Bertz CT molecular complexity index is 1180. The van der Waals surface area contributed by atoms with Gasteiger partial charge in [-0.05, 0) is 30.3 Å². The second kappa shape index (κ2) is 6.81. The minimum Gasteiger partial charge on any atom is -0.324 e. The van der Waals surface area contributed by atoms with Crippen LogP contribution in [0.5, 0.6) is 0 Å². The Morgan fingerprint density at radius 2 is 2.04 bits per heavy atom. The zero-order valence-electron chi connectivity index (χ0n) is 14.5. The average molecular weight is 406 g/mol. The standard InChI is InChI=1S/C20H14N4O2S2/c25-18-11-28-17-6-3-13(9-15(17)22-18)19(26)21-14-4-1-12(2-5-14)16-10-24-7-8-27-20(24)23-16/h1-10H,11H2,(H,21,26)(H,22,25). The van der Waals surface area contributed by atoms with Gasteiger partial charge in [0.15, 0.2) is 4.96 Å². The second-order valence-corrected chi connectivity index (χ2v) is 8.19. The number of carbonyl (C=O) groups is 2. The Morgan fingerprint density at radius 1 is 1.18 bits per heavy atom. The summed E-state index contributed by atoms with van der Waals surface area (Å²) in [6, 6.07) is 12.9. The van der Waals surface area contributed by atoms with Crippen LogP contribution in [0.2, 0.25) is 0 Å². The normalized spacial score (nSPS) is 13.2. The van der Waals surface area contributed by atoms with Crippen molar-refractivity contribution in [3.05, 3.63) is 65.8 Å². The number of benzene rings is 2. The number of thioether (sulfide) groups is 1. The summed E-state index contributed by atoms with van der Waals surface area (Å²) in [7, 11) is 0. The van der Waals surface area contributed by atoms with Crippen LogP contribution in [0.1, 0.15) is 10.4 Å². The summed E-state index contributed by atoms with van der Waals surface area (Å²) in [4.78, 5) is 30.6. The van der Waals surface area contributed by atoms with Gasteiger partial charge in [0.25, 0.3) is 5.91 Å². The lowest BCUT2D eigenvalue weighted by Crippen LogP contribution is -2.19. The van der Waals surface area contributed by atoms with Crippen LogP contribution in [0.3, 0.4) is 0 Å². The molecule has 1 aliphatic rings. The number of carbonyl (C=O) groups excluding carboxylic acids is 2. The van der Waals surface area contributed by atoms with E-state index in [0.717, 1.165) is 21.1 Å². The molecule has 2 amide bonds. The highest BCUT2D eigenvalue weighted by atomic mass is 32.2. The molecule has 0 spiro atoms. The molecule has 0 saturated carbocycles. The molecule has 2 aromatic heterocycles. The largest absolute Gasteiger partial charge is 0.324 e. The summed E-state index contributed by atoms with van der Waals surface area (Å²) in [5, 5.41) is 7.70. The first-order valence-corrected chi connectivity index (χ1v) is 10.4. The lowest BCUT2D eigenvalue weighted by atomic mass is 10.1. The number of fused-ring (bicyclic) bond motifs is 2. The minimum absolute atomic E-state index is 0.0511. The third-order valence-electron chi connectivity index (χ3n) is 4.41. The molecule has 3 heterocycles. The van der Waals surface area contributed by atoms with Crippen LogP contribution in [-0.4, -0.2) is 27.0 Å². The maximum atomic E-state index is 12.6. The van der Waals surface area contributed by atoms with Crippen molar-refractivity contribution in [1.29, 1.82) is 0 Å². The van der Waals surface area contributed by atoms with Crippen molar-refractivity contribution >= 4 is 51.2 Å². The molecule has 2 N–H and O–H groups in total. The van der Waals surface area contributed by atoms with Crippen LogP contribution in [-0.2, 0) is 4.79 Å². The molecule has 0 bridgehead atoms. The van der Waals surface area contributed by atoms with Gasteiger partial charge in [0.05, 0.1) is 17.1 Å². The first-order valence-electron chi connectivity index (χ1n) is 8.56. The van der Waals surface area contributed by atoms with E-state index in [4.69, 9.17) is 0 Å². The van der Waals surface area contributed by atoms with Crippen molar-refractivity contribution in [2.24, 2.45) is 0 Å². The van der Waals surface area contributed by atoms with E-state index in [1.54, 1.807) is 23.5 Å². The molecule has 0 atom stereocenters. The Morgan fingerprint density at radius 3 is 2.86 bits per heavy atom. The van der Waals surface area contributed by atoms with E-state index >= 15 is 0 Å². The van der Waals surface area contributed by atoms with E-state index in [2.05, 4.69) is 15.6 Å². The van der Waals surface area contributed by atoms with Crippen molar-refractivity contribution in [3.63, 3.8) is 0 Å². The number of imidazole rings is 1. The first-order chi connectivity index (χ1) is 13.7. The number of hydrogen-bond donors (Lipinski definition) is 2. The van der Waals surface area contributed by atoms with Crippen molar-refractivity contribution in [2.75, 3.05) is 16.4 Å². The number of amides is 2.